The van der Waals surface area contributed by atoms with E-state index >= 15 is 0 Å². The first-order chi connectivity index (χ1) is 8.12. The molecule has 2 rings (SSSR count). The van der Waals surface area contributed by atoms with Crippen LogP contribution < -0.4 is 0 Å². The van der Waals surface area contributed by atoms with Gasteiger partial charge < -0.3 is 10.0 Å². The van der Waals surface area contributed by atoms with E-state index in [0.29, 0.717) is 6.42 Å². The van der Waals surface area contributed by atoms with Crippen LogP contribution in [0.15, 0.2) is 0 Å². The average molecular weight is 313 g/mol. The van der Waals surface area contributed by atoms with Crippen LogP contribution in [0.2, 0.25) is 0 Å². The summed E-state index contributed by atoms with van der Waals surface area (Å²) in [5.41, 5.74) is -0.0364. The van der Waals surface area contributed by atoms with E-state index in [-0.39, 0.29) is 30.4 Å². The molecule has 0 unspecified atom stereocenters. The second-order valence-corrected chi connectivity index (χ2v) is 5.65. The molecule has 6 heteroatoms. The van der Waals surface area contributed by atoms with Crippen LogP contribution in [-0.2, 0) is 4.79 Å². The van der Waals surface area contributed by atoms with Gasteiger partial charge in [0, 0.05) is 31.7 Å². The highest BCUT2D eigenvalue weighted by molar-refractivity contribution is 5.85. The predicted molar refractivity (Wildman–Crippen MR) is 81.6 cm³/mol. The number of hydrogen-bond acceptors (Lipinski definition) is 3. The molecule has 0 atom stereocenters. The smallest absolute Gasteiger partial charge is 0.305 e. The molecular formula is C13H26Cl2N2O2. The second kappa shape index (κ2) is 8.30. The number of rotatable bonds is 3. The lowest BCUT2D eigenvalue weighted by molar-refractivity contribution is -0.142. The number of carboxylic acid groups (broad SMARTS) is 1. The van der Waals surface area contributed by atoms with E-state index in [4.69, 9.17) is 0 Å². The molecule has 0 aromatic rings. The Balaban J connectivity index is 0.00000162. The Hall–Kier alpha value is -0.0300. The third-order valence-electron chi connectivity index (χ3n) is 4.44. The molecule has 2 fully saturated rings. The maximum atomic E-state index is 11.1. The summed E-state index contributed by atoms with van der Waals surface area (Å²) in [6.45, 7) is 4.20. The molecule has 1 saturated heterocycles. The summed E-state index contributed by atoms with van der Waals surface area (Å²) in [5, 5.41) is 9.18. The average Bonchev–Trinajstić information content (AvgIpc) is 2.30. The molecule has 0 spiro atoms. The number of hydrogen-bond donors (Lipinski definition) is 1. The number of aliphatic carboxylic acids is 1. The fourth-order valence-corrected chi connectivity index (χ4v) is 3.38. The van der Waals surface area contributed by atoms with Gasteiger partial charge in [0.1, 0.15) is 0 Å². The first kappa shape index (κ1) is 19.0. The quantitative estimate of drug-likeness (QED) is 0.868. The van der Waals surface area contributed by atoms with Crippen molar-refractivity contribution in [2.75, 3.05) is 33.2 Å². The van der Waals surface area contributed by atoms with Gasteiger partial charge in [0.25, 0.3) is 0 Å². The van der Waals surface area contributed by atoms with Crippen molar-refractivity contribution in [1.29, 1.82) is 0 Å². The minimum atomic E-state index is -0.633. The molecule has 2 aliphatic rings. The van der Waals surface area contributed by atoms with Crippen LogP contribution in [0.3, 0.4) is 0 Å². The maximum Gasteiger partial charge on any atom is 0.305 e. The summed E-state index contributed by atoms with van der Waals surface area (Å²) < 4.78 is 0. The van der Waals surface area contributed by atoms with Crippen molar-refractivity contribution in [3.63, 3.8) is 0 Å². The topological polar surface area (TPSA) is 43.8 Å². The molecule has 0 bridgehead atoms. The van der Waals surface area contributed by atoms with E-state index < -0.39 is 5.97 Å². The van der Waals surface area contributed by atoms with Crippen molar-refractivity contribution in [2.24, 2.45) is 0 Å². The fourth-order valence-electron chi connectivity index (χ4n) is 3.38. The molecule has 19 heavy (non-hydrogen) atoms. The molecule has 0 aromatic heterocycles. The summed E-state index contributed by atoms with van der Waals surface area (Å²) in [6, 6.07) is 0. The van der Waals surface area contributed by atoms with Gasteiger partial charge in [0.15, 0.2) is 0 Å². The van der Waals surface area contributed by atoms with E-state index in [0.717, 1.165) is 39.0 Å². The van der Waals surface area contributed by atoms with E-state index in [9.17, 15) is 9.90 Å². The molecular weight excluding hydrogens is 287 g/mol. The molecule has 0 amide bonds. The molecule has 4 nitrogen and oxygen atoms in total. The molecule has 1 heterocycles. The van der Waals surface area contributed by atoms with Crippen LogP contribution in [0, 0.1) is 0 Å². The summed E-state index contributed by atoms with van der Waals surface area (Å²) in [6.07, 6.45) is 6.14. The summed E-state index contributed by atoms with van der Waals surface area (Å²) >= 11 is 0. The standard InChI is InChI=1S/C13H24N2O2.2ClH/c1-14-7-9-15(10-8-14)13(11-12(16)17)5-3-2-4-6-13;;/h2-11H2,1H3,(H,16,17);2*1H. The van der Waals surface area contributed by atoms with E-state index in [1.165, 1.54) is 19.3 Å². The van der Waals surface area contributed by atoms with Crippen molar-refractivity contribution in [3.05, 3.63) is 0 Å². The summed E-state index contributed by atoms with van der Waals surface area (Å²) in [7, 11) is 2.14. The SMILES string of the molecule is CN1CCN(C2(CC(=O)O)CCCCC2)CC1.Cl.Cl. The van der Waals surface area contributed by atoms with Crippen LogP contribution in [0.4, 0.5) is 0 Å². The van der Waals surface area contributed by atoms with Crippen LogP contribution in [0.25, 0.3) is 0 Å². The van der Waals surface area contributed by atoms with Gasteiger partial charge >= 0.3 is 5.97 Å². The number of nitrogens with zero attached hydrogens (tertiary/aromatic N) is 2. The lowest BCUT2D eigenvalue weighted by Crippen LogP contribution is -2.58. The molecule has 114 valence electrons. The maximum absolute atomic E-state index is 11.1. The fraction of sp³-hybridized carbons (Fsp3) is 0.923. The van der Waals surface area contributed by atoms with Gasteiger partial charge in [-0.15, -0.1) is 24.8 Å². The predicted octanol–water partition coefficient (Wildman–Crippen LogP) is 2.26. The van der Waals surface area contributed by atoms with Gasteiger partial charge in [0.2, 0.25) is 0 Å². The van der Waals surface area contributed by atoms with E-state index in [1.807, 2.05) is 0 Å². The van der Waals surface area contributed by atoms with Crippen LogP contribution in [0.5, 0.6) is 0 Å². The zero-order chi connectivity index (χ0) is 12.3. The molecule has 1 saturated carbocycles. The third kappa shape index (κ3) is 4.78. The Morgan fingerprint density at radius 3 is 2.05 bits per heavy atom. The number of carboxylic acids is 1. The summed E-state index contributed by atoms with van der Waals surface area (Å²) in [5.74, 6) is -0.633. The Labute approximate surface area is 128 Å². The molecule has 1 aliphatic carbocycles. The number of piperazine rings is 1. The van der Waals surface area contributed by atoms with Gasteiger partial charge in [-0.2, -0.15) is 0 Å². The number of carbonyl (C=O) groups is 1. The van der Waals surface area contributed by atoms with Gasteiger partial charge in [0.05, 0.1) is 6.42 Å². The highest BCUT2D eigenvalue weighted by Gasteiger charge is 2.40. The van der Waals surface area contributed by atoms with Crippen LogP contribution >= 0.6 is 24.8 Å². The first-order valence-corrected chi connectivity index (χ1v) is 6.78. The summed E-state index contributed by atoms with van der Waals surface area (Å²) in [4.78, 5) is 15.9. The van der Waals surface area contributed by atoms with Crippen molar-refractivity contribution in [3.8, 4) is 0 Å². The Kier molecular flexibility index (Phi) is 8.29. The van der Waals surface area contributed by atoms with Crippen molar-refractivity contribution < 1.29 is 9.90 Å². The van der Waals surface area contributed by atoms with Gasteiger partial charge in [-0.1, -0.05) is 19.3 Å². The second-order valence-electron chi connectivity index (χ2n) is 5.65. The number of likely N-dealkylation sites (N-methyl/N-ethyl adjacent to an activating group) is 1. The van der Waals surface area contributed by atoms with Gasteiger partial charge in [-0.05, 0) is 19.9 Å². The van der Waals surface area contributed by atoms with Gasteiger partial charge in [-0.25, -0.2) is 0 Å². The minimum Gasteiger partial charge on any atom is -0.481 e. The van der Waals surface area contributed by atoms with E-state index in [1.54, 1.807) is 0 Å². The van der Waals surface area contributed by atoms with Gasteiger partial charge in [-0.3, -0.25) is 9.69 Å². The number of halogens is 2. The van der Waals surface area contributed by atoms with Crippen molar-refractivity contribution >= 4 is 30.8 Å². The zero-order valence-corrected chi connectivity index (χ0v) is 13.3. The highest BCUT2D eigenvalue weighted by atomic mass is 35.5. The minimum absolute atomic E-state index is 0. The lowest BCUT2D eigenvalue weighted by Gasteiger charge is -2.48. The molecule has 0 aromatic carbocycles. The van der Waals surface area contributed by atoms with Crippen molar-refractivity contribution in [2.45, 2.75) is 44.1 Å². The largest absolute Gasteiger partial charge is 0.481 e. The highest BCUT2D eigenvalue weighted by Crippen LogP contribution is 2.37. The Morgan fingerprint density at radius 1 is 1.05 bits per heavy atom. The van der Waals surface area contributed by atoms with Crippen LogP contribution in [-0.4, -0.2) is 59.6 Å². The first-order valence-electron chi connectivity index (χ1n) is 6.78. The Morgan fingerprint density at radius 2 is 1.58 bits per heavy atom. The van der Waals surface area contributed by atoms with Crippen LogP contribution in [0.1, 0.15) is 38.5 Å². The Bertz CT molecular complexity index is 276. The lowest BCUT2D eigenvalue weighted by atomic mass is 9.77. The molecule has 1 aliphatic heterocycles. The zero-order valence-electron chi connectivity index (χ0n) is 11.6. The van der Waals surface area contributed by atoms with Crippen molar-refractivity contribution in [1.82, 2.24) is 9.80 Å². The third-order valence-corrected chi connectivity index (χ3v) is 4.44. The monoisotopic (exact) mass is 312 g/mol. The molecule has 1 N–H and O–H groups in total. The van der Waals surface area contributed by atoms with E-state index in [2.05, 4.69) is 16.8 Å². The normalized spacial score (nSPS) is 24.1. The molecule has 0 radical (unpaired) electrons.